The van der Waals surface area contributed by atoms with Crippen LogP contribution in [0.2, 0.25) is 0 Å². The fourth-order valence-electron chi connectivity index (χ4n) is 1.10. The number of anilines is 1. The summed E-state index contributed by atoms with van der Waals surface area (Å²) in [5.74, 6) is -0.572. The fraction of sp³-hybridized carbons (Fsp3) is 0.444. The molecule has 16 heavy (non-hydrogen) atoms. The molecule has 0 aliphatic heterocycles. The van der Waals surface area contributed by atoms with E-state index in [1.807, 2.05) is 0 Å². The zero-order valence-corrected chi connectivity index (χ0v) is 10.1. The van der Waals surface area contributed by atoms with Crippen LogP contribution in [0.15, 0.2) is 5.16 Å². The van der Waals surface area contributed by atoms with Crippen molar-refractivity contribution in [3.63, 3.8) is 0 Å². The molecule has 1 aromatic heterocycles. The van der Waals surface area contributed by atoms with Crippen LogP contribution in [0.5, 0.6) is 0 Å². The molecule has 0 spiro atoms. The smallest absolute Gasteiger partial charge is 0.362 e. The molecule has 0 saturated carbocycles. The van der Waals surface area contributed by atoms with Crippen molar-refractivity contribution in [2.24, 2.45) is 5.16 Å². The molecule has 0 unspecified atom stereocenters. The van der Waals surface area contributed by atoms with E-state index in [9.17, 15) is 4.79 Å². The zero-order chi connectivity index (χ0) is 12.1. The van der Waals surface area contributed by atoms with Gasteiger partial charge in [0, 0.05) is 4.88 Å². The van der Waals surface area contributed by atoms with Gasteiger partial charge in [-0.05, 0) is 13.8 Å². The van der Waals surface area contributed by atoms with Crippen molar-refractivity contribution in [2.45, 2.75) is 13.8 Å². The van der Waals surface area contributed by atoms with Crippen molar-refractivity contribution in [3.05, 3.63) is 10.6 Å². The summed E-state index contributed by atoms with van der Waals surface area (Å²) in [6.45, 7) is 3.78. The number of hydrogen-bond acceptors (Lipinski definition) is 7. The van der Waals surface area contributed by atoms with Gasteiger partial charge in [-0.25, -0.2) is 9.78 Å². The Hall–Kier alpha value is -1.63. The van der Waals surface area contributed by atoms with E-state index in [2.05, 4.69) is 15.0 Å². The molecule has 0 aliphatic carbocycles. The number of thiazole rings is 1. The normalized spacial score (nSPS) is 11.3. The Morgan fingerprint density at radius 2 is 2.31 bits per heavy atom. The standard InChI is InChI=1S/C9H13N3O3S/c1-4-15-8(13)7(12-14-3)6-5(2)16-9(10)11-6/h4H2,1-3H3,(H2,10,11)/b12-7-. The molecule has 0 aromatic carbocycles. The number of ether oxygens (including phenoxy) is 1. The van der Waals surface area contributed by atoms with Crippen molar-refractivity contribution in [3.8, 4) is 0 Å². The monoisotopic (exact) mass is 243 g/mol. The lowest BCUT2D eigenvalue weighted by Gasteiger charge is -2.03. The summed E-state index contributed by atoms with van der Waals surface area (Å²) in [6.07, 6.45) is 0. The molecule has 0 radical (unpaired) electrons. The van der Waals surface area contributed by atoms with Crippen LogP contribution in [-0.4, -0.2) is 30.4 Å². The molecular formula is C9H13N3O3S. The first-order valence-electron chi connectivity index (χ1n) is 4.61. The summed E-state index contributed by atoms with van der Waals surface area (Å²) < 4.78 is 4.85. The number of esters is 1. The Morgan fingerprint density at radius 3 is 2.75 bits per heavy atom. The zero-order valence-electron chi connectivity index (χ0n) is 9.31. The van der Waals surface area contributed by atoms with Gasteiger partial charge in [-0.3, -0.25) is 0 Å². The Labute approximate surface area is 97.1 Å². The number of rotatable bonds is 4. The van der Waals surface area contributed by atoms with Gasteiger partial charge in [0.15, 0.2) is 5.13 Å². The van der Waals surface area contributed by atoms with E-state index in [4.69, 9.17) is 10.5 Å². The van der Waals surface area contributed by atoms with Crippen LogP contribution in [0.4, 0.5) is 5.13 Å². The Bertz CT molecular complexity index is 414. The highest BCUT2D eigenvalue weighted by molar-refractivity contribution is 7.15. The quantitative estimate of drug-likeness (QED) is 0.483. The van der Waals surface area contributed by atoms with Crippen LogP contribution in [0, 0.1) is 6.92 Å². The average molecular weight is 243 g/mol. The molecule has 0 saturated heterocycles. The molecule has 7 heteroatoms. The van der Waals surface area contributed by atoms with E-state index in [0.29, 0.717) is 10.8 Å². The summed E-state index contributed by atoms with van der Waals surface area (Å²) in [7, 11) is 1.35. The minimum absolute atomic E-state index is 0.0369. The third-order valence-electron chi connectivity index (χ3n) is 1.69. The predicted molar refractivity (Wildman–Crippen MR) is 61.4 cm³/mol. The molecule has 6 nitrogen and oxygen atoms in total. The molecule has 0 fully saturated rings. The largest absolute Gasteiger partial charge is 0.461 e. The molecule has 1 rings (SSSR count). The van der Waals surface area contributed by atoms with Gasteiger partial charge in [-0.15, -0.1) is 11.3 Å². The van der Waals surface area contributed by atoms with Gasteiger partial charge in [0.2, 0.25) is 5.71 Å². The van der Waals surface area contributed by atoms with E-state index < -0.39 is 5.97 Å². The predicted octanol–water partition coefficient (Wildman–Crippen LogP) is 0.947. The second-order valence-corrected chi connectivity index (χ2v) is 4.03. The van der Waals surface area contributed by atoms with E-state index in [1.165, 1.54) is 18.4 Å². The minimum Gasteiger partial charge on any atom is -0.461 e. The van der Waals surface area contributed by atoms with Crippen molar-refractivity contribution < 1.29 is 14.4 Å². The second kappa shape index (κ2) is 5.45. The van der Waals surface area contributed by atoms with Gasteiger partial charge in [-0.1, -0.05) is 5.16 Å². The first-order valence-corrected chi connectivity index (χ1v) is 5.43. The number of carbonyl (C=O) groups excluding carboxylic acids is 1. The van der Waals surface area contributed by atoms with Gasteiger partial charge < -0.3 is 15.3 Å². The van der Waals surface area contributed by atoms with Crippen LogP contribution in [-0.2, 0) is 14.4 Å². The lowest BCUT2D eigenvalue weighted by molar-refractivity contribution is -0.135. The summed E-state index contributed by atoms with van der Waals surface area (Å²) in [4.78, 5) is 21.0. The number of aryl methyl sites for hydroxylation is 1. The van der Waals surface area contributed by atoms with E-state index in [0.717, 1.165) is 4.88 Å². The number of nitrogens with zero attached hydrogens (tertiary/aromatic N) is 2. The van der Waals surface area contributed by atoms with Crippen LogP contribution in [0.1, 0.15) is 17.5 Å². The first kappa shape index (κ1) is 12.4. The molecule has 1 aromatic rings. The molecule has 0 amide bonds. The highest BCUT2D eigenvalue weighted by Gasteiger charge is 2.22. The molecule has 0 aliphatic rings. The summed E-state index contributed by atoms with van der Waals surface area (Å²) in [5.41, 5.74) is 5.99. The number of oxime groups is 1. The van der Waals surface area contributed by atoms with E-state index >= 15 is 0 Å². The average Bonchev–Trinajstić information content (AvgIpc) is 2.54. The highest BCUT2D eigenvalue weighted by Crippen LogP contribution is 2.20. The lowest BCUT2D eigenvalue weighted by Crippen LogP contribution is -2.20. The van der Waals surface area contributed by atoms with Gasteiger partial charge in [0.05, 0.1) is 6.61 Å². The van der Waals surface area contributed by atoms with Crippen molar-refractivity contribution >= 4 is 28.1 Å². The number of aromatic nitrogens is 1. The number of carbonyl (C=O) groups is 1. The Morgan fingerprint density at radius 1 is 1.62 bits per heavy atom. The fourth-order valence-corrected chi connectivity index (χ4v) is 1.79. The molecule has 0 bridgehead atoms. The van der Waals surface area contributed by atoms with Gasteiger partial charge in [0.1, 0.15) is 12.8 Å². The molecule has 88 valence electrons. The summed E-state index contributed by atoms with van der Waals surface area (Å²) in [5, 5.41) is 3.99. The highest BCUT2D eigenvalue weighted by atomic mass is 32.1. The molecular weight excluding hydrogens is 230 g/mol. The van der Waals surface area contributed by atoms with Crippen LogP contribution in [0.25, 0.3) is 0 Å². The Balaban J connectivity index is 3.08. The summed E-state index contributed by atoms with van der Waals surface area (Å²) in [6, 6.07) is 0. The third kappa shape index (κ3) is 2.69. The van der Waals surface area contributed by atoms with E-state index in [1.54, 1.807) is 13.8 Å². The van der Waals surface area contributed by atoms with Gasteiger partial charge in [0.25, 0.3) is 0 Å². The number of hydrogen-bond donors (Lipinski definition) is 1. The SMILES string of the molecule is CCOC(=O)/C(=N\OC)c1nc(N)sc1C. The van der Waals surface area contributed by atoms with Crippen molar-refractivity contribution in [2.75, 3.05) is 19.5 Å². The van der Waals surface area contributed by atoms with Crippen LogP contribution in [0.3, 0.4) is 0 Å². The van der Waals surface area contributed by atoms with Gasteiger partial charge >= 0.3 is 5.97 Å². The first-order chi connectivity index (χ1) is 7.60. The topological polar surface area (TPSA) is 86.8 Å². The van der Waals surface area contributed by atoms with E-state index in [-0.39, 0.29) is 12.3 Å². The maximum atomic E-state index is 11.6. The lowest BCUT2D eigenvalue weighted by atomic mass is 10.2. The van der Waals surface area contributed by atoms with Crippen LogP contribution < -0.4 is 5.73 Å². The van der Waals surface area contributed by atoms with Crippen molar-refractivity contribution in [1.29, 1.82) is 0 Å². The third-order valence-corrected chi connectivity index (χ3v) is 2.49. The van der Waals surface area contributed by atoms with Crippen LogP contribution >= 0.6 is 11.3 Å². The van der Waals surface area contributed by atoms with Crippen molar-refractivity contribution in [1.82, 2.24) is 4.98 Å². The second-order valence-electron chi connectivity index (χ2n) is 2.80. The number of nitrogen functional groups attached to an aromatic ring is 1. The maximum Gasteiger partial charge on any atom is 0.362 e. The molecule has 2 N–H and O–H groups in total. The minimum atomic E-state index is -0.572. The maximum absolute atomic E-state index is 11.6. The molecule has 1 heterocycles. The van der Waals surface area contributed by atoms with Gasteiger partial charge in [-0.2, -0.15) is 0 Å². The number of nitrogens with two attached hydrogens (primary N) is 1. The summed E-state index contributed by atoms with van der Waals surface area (Å²) >= 11 is 1.28. The Kier molecular flexibility index (Phi) is 4.24. The molecule has 0 atom stereocenters.